The summed E-state index contributed by atoms with van der Waals surface area (Å²) in [5.41, 5.74) is 0. The number of rotatable bonds is 2. The van der Waals surface area contributed by atoms with Crippen LogP contribution in [0.25, 0.3) is 0 Å². The molecule has 0 amide bonds. The Kier molecular flexibility index (Phi) is 3.60. The summed E-state index contributed by atoms with van der Waals surface area (Å²) in [6, 6.07) is 0. The topological polar surface area (TPSA) is 154 Å². The summed E-state index contributed by atoms with van der Waals surface area (Å²) in [4.78, 5) is 0. The zero-order valence-corrected chi connectivity index (χ0v) is 7.50. The summed E-state index contributed by atoms with van der Waals surface area (Å²) in [6.07, 6.45) is -7.20. The molecule has 5 atom stereocenters. The van der Waals surface area contributed by atoms with E-state index in [4.69, 9.17) is 15.5 Å². The van der Waals surface area contributed by atoms with Gasteiger partial charge in [-0.05, 0) is 5.23 Å². The summed E-state index contributed by atoms with van der Waals surface area (Å²) in [5, 5.41) is 62.1. The molecule has 0 aliphatic carbocycles. The van der Waals surface area contributed by atoms with E-state index in [2.05, 4.69) is 4.74 Å². The van der Waals surface area contributed by atoms with E-state index < -0.39 is 42.2 Å². The van der Waals surface area contributed by atoms with E-state index in [1.165, 1.54) is 0 Å². The largest absolute Gasteiger partial charge is 0.394 e. The molecule has 90 valence electrons. The zero-order valence-electron chi connectivity index (χ0n) is 7.50. The minimum Gasteiger partial charge on any atom is -0.394 e. The number of hydrogen-bond donors (Lipinski definition) is 7. The van der Waals surface area contributed by atoms with Crippen LogP contribution in [-0.2, 0) is 4.74 Å². The maximum Gasteiger partial charge on any atom is 0.304 e. The summed E-state index contributed by atoms with van der Waals surface area (Å²) in [6.45, 7) is -0.791. The van der Waals surface area contributed by atoms with Crippen molar-refractivity contribution in [2.75, 3.05) is 6.61 Å². The van der Waals surface area contributed by atoms with Crippen molar-refractivity contribution in [3.8, 4) is 0 Å². The van der Waals surface area contributed by atoms with Gasteiger partial charge in [-0.25, -0.2) is 0 Å². The van der Waals surface area contributed by atoms with Crippen LogP contribution in [0.4, 0.5) is 0 Å². The Morgan fingerprint density at radius 2 is 1.67 bits per heavy atom. The Morgan fingerprint density at radius 1 is 1.13 bits per heavy atom. The minimum atomic E-state index is -3.01. The SMILES string of the molecule is OC[C@H]1OC(O)(N(O)O)[C@H](O)[C@@H](O)[C@@H]1O. The molecule has 1 aliphatic rings. The van der Waals surface area contributed by atoms with E-state index in [-0.39, 0.29) is 0 Å². The molecule has 1 rings (SSSR count). The first-order valence-electron chi connectivity index (χ1n) is 4.07. The van der Waals surface area contributed by atoms with Gasteiger partial charge in [0.25, 0.3) is 0 Å². The van der Waals surface area contributed by atoms with Crippen molar-refractivity contribution in [2.45, 2.75) is 30.3 Å². The lowest BCUT2D eigenvalue weighted by Gasteiger charge is -2.45. The van der Waals surface area contributed by atoms with E-state index in [0.29, 0.717) is 0 Å². The second kappa shape index (κ2) is 4.25. The summed E-state index contributed by atoms with van der Waals surface area (Å²) in [7, 11) is 0. The van der Waals surface area contributed by atoms with Gasteiger partial charge in [-0.3, -0.25) is 10.4 Å². The van der Waals surface area contributed by atoms with Gasteiger partial charge >= 0.3 is 5.91 Å². The number of nitrogens with zero attached hydrogens (tertiary/aromatic N) is 1. The first kappa shape index (κ1) is 12.7. The molecular weight excluding hydrogens is 214 g/mol. The molecule has 15 heavy (non-hydrogen) atoms. The first-order valence-corrected chi connectivity index (χ1v) is 4.07. The molecule has 1 unspecified atom stereocenters. The van der Waals surface area contributed by atoms with Crippen LogP contribution in [0.1, 0.15) is 0 Å². The molecule has 9 heteroatoms. The Bertz CT molecular complexity index is 223. The third kappa shape index (κ3) is 1.97. The van der Waals surface area contributed by atoms with Gasteiger partial charge in [0.1, 0.15) is 18.3 Å². The molecule has 1 heterocycles. The van der Waals surface area contributed by atoms with Crippen molar-refractivity contribution in [3.63, 3.8) is 0 Å². The van der Waals surface area contributed by atoms with Gasteiger partial charge in [0, 0.05) is 0 Å². The van der Waals surface area contributed by atoms with E-state index in [1.54, 1.807) is 0 Å². The Balaban J connectivity index is 2.92. The third-order valence-corrected chi connectivity index (χ3v) is 2.23. The van der Waals surface area contributed by atoms with Crippen LogP contribution in [0, 0.1) is 0 Å². The Labute approximate surface area is 83.9 Å². The molecule has 9 nitrogen and oxygen atoms in total. The van der Waals surface area contributed by atoms with E-state index in [9.17, 15) is 20.4 Å². The van der Waals surface area contributed by atoms with Crippen molar-refractivity contribution in [3.05, 3.63) is 0 Å². The normalized spacial score (nSPS) is 47.2. The number of hydroxylamine groups is 2. The molecule has 0 spiro atoms. The van der Waals surface area contributed by atoms with Crippen molar-refractivity contribution in [1.82, 2.24) is 5.23 Å². The number of hydrogen-bond acceptors (Lipinski definition) is 9. The molecule has 0 aromatic carbocycles. The van der Waals surface area contributed by atoms with Crippen molar-refractivity contribution < 1.29 is 40.7 Å². The van der Waals surface area contributed by atoms with Crippen molar-refractivity contribution in [2.24, 2.45) is 0 Å². The van der Waals surface area contributed by atoms with E-state index >= 15 is 0 Å². The molecule has 0 saturated carbocycles. The van der Waals surface area contributed by atoms with Crippen LogP contribution in [-0.4, -0.2) is 78.1 Å². The molecule has 1 saturated heterocycles. The van der Waals surface area contributed by atoms with Crippen LogP contribution in [0.15, 0.2) is 0 Å². The third-order valence-electron chi connectivity index (χ3n) is 2.23. The van der Waals surface area contributed by atoms with Crippen LogP contribution in [0.5, 0.6) is 0 Å². The summed E-state index contributed by atoms with van der Waals surface area (Å²) in [5.74, 6) is -3.01. The predicted molar refractivity (Wildman–Crippen MR) is 40.3 cm³/mol. The molecule has 0 aromatic heterocycles. The fraction of sp³-hybridized carbons (Fsp3) is 1.00. The van der Waals surface area contributed by atoms with Gasteiger partial charge in [-0.2, -0.15) is 0 Å². The standard InChI is InChI=1S/C6H13NO8/c8-1-2-3(9)4(10)5(11)6(12,15-2)7(13)14/h2-5,8-14H,1H2/t2-,3-,4+,5-,6?/m1/s1. The van der Waals surface area contributed by atoms with Crippen molar-refractivity contribution >= 4 is 0 Å². The maximum atomic E-state index is 9.38. The zero-order chi connectivity index (χ0) is 11.8. The molecule has 0 radical (unpaired) electrons. The van der Waals surface area contributed by atoms with Crippen LogP contribution in [0.2, 0.25) is 0 Å². The van der Waals surface area contributed by atoms with Crippen LogP contribution in [0.3, 0.4) is 0 Å². The predicted octanol–water partition coefficient (Wildman–Crippen LogP) is -3.81. The molecular formula is C6H13NO8. The van der Waals surface area contributed by atoms with E-state index in [0.717, 1.165) is 0 Å². The molecule has 0 bridgehead atoms. The lowest BCUT2D eigenvalue weighted by Crippen LogP contribution is -2.70. The second-order valence-electron chi connectivity index (χ2n) is 3.21. The Morgan fingerprint density at radius 3 is 2.07 bits per heavy atom. The highest BCUT2D eigenvalue weighted by atomic mass is 16.9. The second-order valence-corrected chi connectivity index (χ2v) is 3.21. The van der Waals surface area contributed by atoms with Gasteiger partial charge in [0.2, 0.25) is 0 Å². The summed E-state index contributed by atoms with van der Waals surface area (Å²) < 4.78 is 4.45. The van der Waals surface area contributed by atoms with Gasteiger partial charge in [-0.15, -0.1) is 0 Å². The summed E-state index contributed by atoms with van der Waals surface area (Å²) >= 11 is 0. The number of ether oxygens (including phenoxy) is 1. The van der Waals surface area contributed by atoms with Gasteiger partial charge < -0.3 is 30.3 Å². The van der Waals surface area contributed by atoms with Gasteiger partial charge in [-0.1, -0.05) is 0 Å². The Hall–Kier alpha value is -0.360. The van der Waals surface area contributed by atoms with Gasteiger partial charge in [0.15, 0.2) is 6.10 Å². The minimum absolute atomic E-state index is 0.791. The lowest BCUT2D eigenvalue weighted by atomic mass is 9.97. The van der Waals surface area contributed by atoms with Crippen molar-refractivity contribution in [1.29, 1.82) is 0 Å². The van der Waals surface area contributed by atoms with Crippen LogP contribution >= 0.6 is 0 Å². The first-order chi connectivity index (χ1) is 6.84. The number of aliphatic hydroxyl groups excluding tert-OH is 4. The average molecular weight is 227 g/mol. The molecule has 0 aromatic rings. The average Bonchev–Trinajstić information content (AvgIpc) is 2.20. The molecule has 1 fully saturated rings. The lowest BCUT2D eigenvalue weighted by molar-refractivity contribution is -0.527. The number of aliphatic hydroxyl groups is 5. The monoisotopic (exact) mass is 227 g/mol. The molecule has 7 N–H and O–H groups in total. The highest BCUT2D eigenvalue weighted by Gasteiger charge is 2.56. The highest BCUT2D eigenvalue weighted by molar-refractivity contribution is 4.93. The fourth-order valence-corrected chi connectivity index (χ4v) is 1.30. The smallest absolute Gasteiger partial charge is 0.304 e. The fourth-order valence-electron chi connectivity index (χ4n) is 1.30. The highest BCUT2D eigenvalue weighted by Crippen LogP contribution is 2.29. The quantitative estimate of drug-likeness (QED) is 0.186. The van der Waals surface area contributed by atoms with Gasteiger partial charge in [0.05, 0.1) is 6.61 Å². The maximum absolute atomic E-state index is 9.38. The van der Waals surface area contributed by atoms with E-state index in [1.807, 2.05) is 0 Å². The van der Waals surface area contributed by atoms with Crippen LogP contribution < -0.4 is 0 Å². The molecule has 1 aliphatic heterocycles.